The van der Waals surface area contributed by atoms with Crippen LogP contribution < -0.4 is 4.74 Å². The van der Waals surface area contributed by atoms with Gasteiger partial charge in [0.1, 0.15) is 5.52 Å². The molecule has 1 heterocycles. The predicted octanol–water partition coefficient (Wildman–Crippen LogP) is 5.85. The number of fused-ring (bicyclic) bond motifs is 1. The fourth-order valence-corrected chi connectivity index (χ4v) is 2.91. The van der Waals surface area contributed by atoms with Gasteiger partial charge in [-0.2, -0.15) is 13.2 Å². The van der Waals surface area contributed by atoms with Gasteiger partial charge in [-0.25, -0.2) is 4.98 Å². The van der Waals surface area contributed by atoms with Gasteiger partial charge in [0.15, 0.2) is 5.75 Å². The van der Waals surface area contributed by atoms with Crippen molar-refractivity contribution in [1.82, 2.24) is 4.98 Å². The lowest BCUT2D eigenvalue weighted by Gasteiger charge is -2.18. The summed E-state index contributed by atoms with van der Waals surface area (Å²) >= 11 is 0. The van der Waals surface area contributed by atoms with Crippen LogP contribution in [0.25, 0.3) is 22.0 Å². The molecule has 0 unspecified atom stereocenters. The lowest BCUT2D eigenvalue weighted by Crippen LogP contribution is -2.25. The summed E-state index contributed by atoms with van der Waals surface area (Å²) in [4.78, 5) is 15.9. The van der Waals surface area contributed by atoms with Crippen LogP contribution in [0.15, 0.2) is 48.5 Å². The van der Waals surface area contributed by atoms with E-state index < -0.39 is 29.6 Å². The molecule has 0 atom stereocenters. The monoisotopic (exact) mass is 399 g/mol. The zero-order valence-electron chi connectivity index (χ0n) is 14.2. The molecule has 0 radical (unpaired) electrons. The van der Waals surface area contributed by atoms with Crippen molar-refractivity contribution in [3.8, 4) is 16.9 Å². The molecule has 0 fully saturated rings. The second-order valence-corrected chi connectivity index (χ2v) is 5.84. The van der Waals surface area contributed by atoms with Gasteiger partial charge >= 0.3 is 12.5 Å². The highest BCUT2D eigenvalue weighted by Crippen LogP contribution is 2.39. The van der Waals surface area contributed by atoms with Gasteiger partial charge in [0.25, 0.3) is 5.78 Å². The van der Waals surface area contributed by atoms with Crippen molar-refractivity contribution in [1.29, 1.82) is 0 Å². The van der Waals surface area contributed by atoms with E-state index in [2.05, 4.69) is 9.72 Å². The zero-order chi connectivity index (χ0) is 20.7. The fraction of sp³-hybridized carbons (Fsp3) is 0.158. The Balaban J connectivity index is 2.42. The van der Waals surface area contributed by atoms with E-state index in [1.54, 1.807) is 6.07 Å². The van der Waals surface area contributed by atoms with Gasteiger partial charge in [0.2, 0.25) is 0 Å². The molecule has 0 N–H and O–H groups in total. The Kier molecular flexibility index (Phi) is 4.78. The van der Waals surface area contributed by atoms with Gasteiger partial charge in [0, 0.05) is 16.6 Å². The van der Waals surface area contributed by atoms with Crippen LogP contribution in [0.3, 0.4) is 0 Å². The number of Topliss-reactive ketones (excluding diaryl/α,β-unsaturated/α-hetero) is 1. The first-order chi connectivity index (χ1) is 13.0. The summed E-state index contributed by atoms with van der Waals surface area (Å²) in [5.74, 6) is -2.79. The molecule has 3 aromatic rings. The number of pyridine rings is 1. The molecule has 0 aliphatic rings. The van der Waals surface area contributed by atoms with E-state index in [9.17, 15) is 31.1 Å². The molecule has 0 spiro atoms. The van der Waals surface area contributed by atoms with Gasteiger partial charge in [0.05, 0.1) is 5.56 Å². The maximum absolute atomic E-state index is 13.2. The predicted molar refractivity (Wildman–Crippen MR) is 89.0 cm³/mol. The first kappa shape index (κ1) is 19.7. The lowest BCUT2D eigenvalue weighted by molar-refractivity contribution is -0.274. The molecule has 1 aromatic heterocycles. The van der Waals surface area contributed by atoms with Gasteiger partial charge in [-0.05, 0) is 18.6 Å². The van der Waals surface area contributed by atoms with Crippen molar-refractivity contribution in [3.63, 3.8) is 0 Å². The summed E-state index contributed by atoms with van der Waals surface area (Å²) in [7, 11) is 0. The molecule has 0 aliphatic carbocycles. The second-order valence-electron chi connectivity index (χ2n) is 5.84. The molecular weight excluding hydrogens is 388 g/mol. The number of hydrogen-bond acceptors (Lipinski definition) is 3. The second kappa shape index (κ2) is 6.81. The largest absolute Gasteiger partial charge is 0.573 e. The Morgan fingerprint density at radius 3 is 2.14 bits per heavy atom. The average Bonchev–Trinajstić information content (AvgIpc) is 2.59. The molecule has 28 heavy (non-hydrogen) atoms. The van der Waals surface area contributed by atoms with Crippen LogP contribution in [0.5, 0.6) is 5.75 Å². The summed E-state index contributed by atoms with van der Waals surface area (Å²) in [5, 5.41) is -0.0638. The summed E-state index contributed by atoms with van der Waals surface area (Å²) in [5.41, 5.74) is -1.29. The molecule has 2 aromatic carbocycles. The Hall–Kier alpha value is -3.10. The van der Waals surface area contributed by atoms with E-state index in [-0.39, 0.29) is 27.7 Å². The number of nitrogens with zero attached hydrogens (tertiary/aromatic N) is 1. The quantitative estimate of drug-likeness (QED) is 0.410. The lowest BCUT2D eigenvalue weighted by atomic mass is 9.92. The first-order valence-corrected chi connectivity index (χ1v) is 7.85. The van der Waals surface area contributed by atoms with Crippen LogP contribution in [0, 0.1) is 6.92 Å². The number of rotatable bonds is 3. The zero-order valence-corrected chi connectivity index (χ0v) is 14.2. The number of halogens is 6. The summed E-state index contributed by atoms with van der Waals surface area (Å²) < 4.78 is 81.6. The molecule has 3 nitrogen and oxygen atoms in total. The minimum atomic E-state index is -5.18. The molecular formula is C19H11F6NO2. The van der Waals surface area contributed by atoms with E-state index in [1.807, 2.05) is 0 Å². The number of alkyl halides is 6. The van der Waals surface area contributed by atoms with E-state index in [0.29, 0.717) is 0 Å². The third-order valence-corrected chi connectivity index (χ3v) is 3.93. The standard InChI is InChI=1S/C19H11F6NO2/c1-10-14(17(27)18(20,21)22)15(11-6-3-2-4-7-11)12-8-5-9-13(16(12)26-10)28-19(23,24)25/h2-9H,1H3. The third-order valence-electron chi connectivity index (χ3n) is 3.93. The van der Waals surface area contributed by atoms with E-state index in [0.717, 1.165) is 13.0 Å². The summed E-state index contributed by atoms with van der Waals surface area (Å²) in [6.45, 7) is 1.13. The maximum Gasteiger partial charge on any atom is 0.573 e. The number of aromatic nitrogens is 1. The van der Waals surface area contributed by atoms with Gasteiger partial charge in [-0.1, -0.05) is 42.5 Å². The first-order valence-electron chi connectivity index (χ1n) is 7.85. The number of aryl methyl sites for hydroxylation is 1. The molecule has 146 valence electrons. The minimum absolute atomic E-state index is 0.0638. The Morgan fingerprint density at radius 1 is 0.929 bits per heavy atom. The van der Waals surface area contributed by atoms with Crippen LogP contribution in [-0.4, -0.2) is 23.3 Å². The number of hydrogen-bond donors (Lipinski definition) is 0. The Morgan fingerprint density at radius 2 is 1.57 bits per heavy atom. The average molecular weight is 399 g/mol. The van der Waals surface area contributed by atoms with Crippen molar-refractivity contribution >= 4 is 16.7 Å². The molecule has 9 heteroatoms. The number of benzene rings is 2. The molecule has 3 rings (SSSR count). The molecule has 0 aliphatic heterocycles. The van der Waals surface area contributed by atoms with Crippen molar-refractivity contribution in [2.45, 2.75) is 19.5 Å². The normalized spacial score (nSPS) is 12.2. The third kappa shape index (κ3) is 3.78. The number of ketones is 1. The van der Waals surface area contributed by atoms with Crippen molar-refractivity contribution in [2.75, 3.05) is 0 Å². The molecule has 0 saturated carbocycles. The maximum atomic E-state index is 13.2. The van der Waals surface area contributed by atoms with Gasteiger partial charge in [-0.15, -0.1) is 13.2 Å². The van der Waals surface area contributed by atoms with Crippen molar-refractivity contribution in [3.05, 3.63) is 59.8 Å². The fourth-order valence-electron chi connectivity index (χ4n) is 2.91. The van der Waals surface area contributed by atoms with Crippen LogP contribution in [0.1, 0.15) is 16.1 Å². The highest BCUT2D eigenvalue weighted by Gasteiger charge is 2.42. The molecule has 0 bridgehead atoms. The summed E-state index contributed by atoms with van der Waals surface area (Å²) in [6.07, 6.45) is -10.2. The highest BCUT2D eigenvalue weighted by atomic mass is 19.4. The highest BCUT2D eigenvalue weighted by molar-refractivity contribution is 6.13. The Labute approximate surface area is 154 Å². The molecule has 0 amide bonds. The minimum Gasteiger partial charge on any atom is -0.403 e. The van der Waals surface area contributed by atoms with Crippen molar-refractivity contribution in [2.24, 2.45) is 0 Å². The smallest absolute Gasteiger partial charge is 0.403 e. The Bertz CT molecular complexity index is 1040. The van der Waals surface area contributed by atoms with E-state index in [4.69, 9.17) is 0 Å². The van der Waals surface area contributed by atoms with E-state index in [1.165, 1.54) is 36.4 Å². The SMILES string of the molecule is Cc1nc2c(OC(F)(F)F)cccc2c(-c2ccccc2)c1C(=O)C(F)(F)F. The van der Waals surface area contributed by atoms with Crippen LogP contribution in [0.4, 0.5) is 26.3 Å². The van der Waals surface area contributed by atoms with Crippen molar-refractivity contribution < 1.29 is 35.9 Å². The number of ether oxygens (including phenoxy) is 1. The molecule has 0 saturated heterocycles. The van der Waals surface area contributed by atoms with Crippen LogP contribution in [-0.2, 0) is 0 Å². The van der Waals surface area contributed by atoms with E-state index >= 15 is 0 Å². The van der Waals surface area contributed by atoms with Gasteiger partial charge < -0.3 is 4.74 Å². The number of para-hydroxylation sites is 1. The topological polar surface area (TPSA) is 39.2 Å². The summed E-state index contributed by atoms with van der Waals surface area (Å²) in [6, 6.07) is 11.1. The van der Waals surface area contributed by atoms with Crippen LogP contribution in [0.2, 0.25) is 0 Å². The van der Waals surface area contributed by atoms with Crippen LogP contribution >= 0.6 is 0 Å². The number of carbonyl (C=O) groups is 1. The van der Waals surface area contributed by atoms with Gasteiger partial charge in [-0.3, -0.25) is 4.79 Å². The number of carbonyl (C=O) groups excluding carboxylic acids is 1.